The zero-order valence-corrected chi connectivity index (χ0v) is 10.7. The van der Waals surface area contributed by atoms with Crippen LogP contribution in [0.2, 0.25) is 0 Å². The van der Waals surface area contributed by atoms with Crippen LogP contribution in [0, 0.1) is 11.3 Å². The molecule has 0 aliphatic heterocycles. The average Bonchev–Trinajstić information content (AvgIpc) is 2.08. The summed E-state index contributed by atoms with van der Waals surface area (Å²) in [7, 11) is 0. The van der Waals surface area contributed by atoms with Crippen LogP contribution in [-0.2, 0) is 4.79 Å². The lowest BCUT2D eigenvalue weighted by atomic mass is 9.82. The van der Waals surface area contributed by atoms with Gasteiger partial charge in [0, 0.05) is 0 Å². The maximum absolute atomic E-state index is 11.0. The number of rotatable bonds is 7. The lowest BCUT2D eigenvalue weighted by Gasteiger charge is -2.23. The number of carboxylic acids is 1. The minimum Gasteiger partial charge on any atom is -0.481 e. The standard InChI is InChI=1S/C13H26O2/c1-5-6-7-8-9-11(12(14)15)10-13(2,3)4/h11H,5-10H2,1-4H3,(H,14,15). The highest BCUT2D eigenvalue weighted by molar-refractivity contribution is 5.69. The molecule has 0 aromatic rings. The summed E-state index contributed by atoms with van der Waals surface area (Å²) >= 11 is 0. The van der Waals surface area contributed by atoms with E-state index in [4.69, 9.17) is 5.11 Å². The lowest BCUT2D eigenvalue weighted by molar-refractivity contribution is -0.143. The first-order chi connectivity index (χ1) is 6.87. The second kappa shape index (κ2) is 6.86. The van der Waals surface area contributed by atoms with Crippen LogP contribution in [0.4, 0.5) is 0 Å². The molecule has 1 unspecified atom stereocenters. The summed E-state index contributed by atoms with van der Waals surface area (Å²) in [6.45, 7) is 8.49. The second-order valence-electron chi connectivity index (χ2n) is 5.65. The van der Waals surface area contributed by atoms with Crippen molar-refractivity contribution in [1.29, 1.82) is 0 Å². The van der Waals surface area contributed by atoms with Crippen molar-refractivity contribution < 1.29 is 9.90 Å². The molecule has 0 fully saturated rings. The summed E-state index contributed by atoms with van der Waals surface area (Å²) in [5.74, 6) is -0.775. The van der Waals surface area contributed by atoms with Crippen LogP contribution in [0.1, 0.15) is 66.2 Å². The number of carbonyl (C=O) groups is 1. The second-order valence-corrected chi connectivity index (χ2v) is 5.65. The fourth-order valence-corrected chi connectivity index (χ4v) is 1.87. The summed E-state index contributed by atoms with van der Waals surface area (Å²) < 4.78 is 0. The minimum absolute atomic E-state index is 0.119. The van der Waals surface area contributed by atoms with Gasteiger partial charge in [0.2, 0.25) is 0 Å². The third-order valence-electron chi connectivity index (χ3n) is 2.61. The highest BCUT2D eigenvalue weighted by Gasteiger charge is 2.23. The molecule has 90 valence electrons. The molecule has 0 amide bonds. The molecule has 0 aliphatic carbocycles. The van der Waals surface area contributed by atoms with Gasteiger partial charge >= 0.3 is 5.97 Å². The Bertz CT molecular complexity index is 179. The van der Waals surface area contributed by atoms with Crippen LogP contribution in [0.3, 0.4) is 0 Å². The van der Waals surface area contributed by atoms with Gasteiger partial charge in [0.05, 0.1) is 5.92 Å². The smallest absolute Gasteiger partial charge is 0.306 e. The third kappa shape index (κ3) is 8.46. The highest BCUT2D eigenvalue weighted by Crippen LogP contribution is 2.27. The summed E-state index contributed by atoms with van der Waals surface area (Å²) in [5, 5.41) is 9.09. The van der Waals surface area contributed by atoms with Crippen molar-refractivity contribution in [3.8, 4) is 0 Å². The molecule has 0 heterocycles. The Labute approximate surface area is 94.1 Å². The molecule has 0 aromatic carbocycles. The van der Waals surface area contributed by atoms with Gasteiger partial charge < -0.3 is 5.11 Å². The summed E-state index contributed by atoms with van der Waals surface area (Å²) in [6.07, 6.45) is 6.28. The van der Waals surface area contributed by atoms with Crippen LogP contribution in [0.15, 0.2) is 0 Å². The van der Waals surface area contributed by atoms with Crippen LogP contribution < -0.4 is 0 Å². The van der Waals surface area contributed by atoms with E-state index < -0.39 is 5.97 Å². The highest BCUT2D eigenvalue weighted by atomic mass is 16.4. The first kappa shape index (κ1) is 14.5. The molecule has 2 heteroatoms. The van der Waals surface area contributed by atoms with Crippen molar-refractivity contribution in [3.63, 3.8) is 0 Å². The molecule has 1 atom stereocenters. The zero-order chi connectivity index (χ0) is 11.9. The van der Waals surface area contributed by atoms with Crippen LogP contribution in [0.5, 0.6) is 0 Å². The van der Waals surface area contributed by atoms with Gasteiger partial charge in [0.25, 0.3) is 0 Å². The van der Waals surface area contributed by atoms with E-state index >= 15 is 0 Å². The normalized spacial score (nSPS) is 13.9. The monoisotopic (exact) mass is 214 g/mol. The summed E-state index contributed by atoms with van der Waals surface area (Å²) in [5.41, 5.74) is 0.119. The molecule has 0 aromatic heterocycles. The van der Waals surface area contributed by atoms with E-state index in [0.29, 0.717) is 0 Å². The molecule has 0 rings (SSSR count). The van der Waals surface area contributed by atoms with Crippen LogP contribution in [-0.4, -0.2) is 11.1 Å². The zero-order valence-electron chi connectivity index (χ0n) is 10.7. The Morgan fingerprint density at radius 3 is 2.20 bits per heavy atom. The Kier molecular flexibility index (Phi) is 6.62. The number of unbranched alkanes of at least 4 members (excludes halogenated alkanes) is 3. The number of hydrogen-bond donors (Lipinski definition) is 1. The van der Waals surface area contributed by atoms with E-state index in [2.05, 4.69) is 27.7 Å². The molecule has 0 saturated carbocycles. The fourth-order valence-electron chi connectivity index (χ4n) is 1.87. The van der Waals surface area contributed by atoms with Gasteiger partial charge in [-0.1, -0.05) is 53.4 Å². The first-order valence-corrected chi connectivity index (χ1v) is 6.09. The van der Waals surface area contributed by atoms with E-state index in [1.807, 2.05) is 0 Å². The van der Waals surface area contributed by atoms with Gasteiger partial charge in [-0.15, -0.1) is 0 Å². The van der Waals surface area contributed by atoms with Crippen molar-refractivity contribution in [2.45, 2.75) is 66.2 Å². The quantitative estimate of drug-likeness (QED) is 0.648. The predicted molar refractivity (Wildman–Crippen MR) is 64.0 cm³/mol. The van der Waals surface area contributed by atoms with E-state index in [1.54, 1.807) is 0 Å². The van der Waals surface area contributed by atoms with Crippen molar-refractivity contribution in [2.24, 2.45) is 11.3 Å². The van der Waals surface area contributed by atoms with E-state index in [-0.39, 0.29) is 11.3 Å². The van der Waals surface area contributed by atoms with E-state index in [1.165, 1.54) is 19.3 Å². The first-order valence-electron chi connectivity index (χ1n) is 6.09. The molecule has 0 bridgehead atoms. The van der Waals surface area contributed by atoms with Crippen LogP contribution >= 0.6 is 0 Å². The Balaban J connectivity index is 3.90. The maximum Gasteiger partial charge on any atom is 0.306 e. The van der Waals surface area contributed by atoms with Gasteiger partial charge in [0.1, 0.15) is 0 Å². The molecule has 1 N–H and O–H groups in total. The molecular weight excluding hydrogens is 188 g/mol. The lowest BCUT2D eigenvalue weighted by Crippen LogP contribution is -2.20. The van der Waals surface area contributed by atoms with Gasteiger partial charge in [0.15, 0.2) is 0 Å². The third-order valence-corrected chi connectivity index (χ3v) is 2.61. The van der Waals surface area contributed by atoms with Crippen LogP contribution in [0.25, 0.3) is 0 Å². The average molecular weight is 214 g/mol. The van der Waals surface area contributed by atoms with Gasteiger partial charge in [-0.25, -0.2) is 0 Å². The topological polar surface area (TPSA) is 37.3 Å². The summed E-state index contributed by atoms with van der Waals surface area (Å²) in [6, 6.07) is 0. The molecule has 15 heavy (non-hydrogen) atoms. The summed E-state index contributed by atoms with van der Waals surface area (Å²) in [4.78, 5) is 11.0. The predicted octanol–water partition coefficient (Wildman–Crippen LogP) is 4.09. The fraction of sp³-hybridized carbons (Fsp3) is 0.923. The molecule has 2 nitrogen and oxygen atoms in total. The van der Waals surface area contributed by atoms with Crippen molar-refractivity contribution in [2.75, 3.05) is 0 Å². The Morgan fingerprint density at radius 1 is 1.20 bits per heavy atom. The van der Waals surface area contributed by atoms with Crippen molar-refractivity contribution in [3.05, 3.63) is 0 Å². The van der Waals surface area contributed by atoms with Crippen molar-refractivity contribution >= 4 is 5.97 Å². The van der Waals surface area contributed by atoms with Crippen molar-refractivity contribution in [1.82, 2.24) is 0 Å². The van der Waals surface area contributed by atoms with Gasteiger partial charge in [-0.2, -0.15) is 0 Å². The van der Waals surface area contributed by atoms with E-state index in [9.17, 15) is 4.79 Å². The minimum atomic E-state index is -0.624. The van der Waals surface area contributed by atoms with Gasteiger partial charge in [-0.3, -0.25) is 4.79 Å². The Hall–Kier alpha value is -0.530. The van der Waals surface area contributed by atoms with Gasteiger partial charge in [-0.05, 0) is 18.3 Å². The maximum atomic E-state index is 11.0. The number of aliphatic carboxylic acids is 1. The molecule has 0 aliphatic rings. The largest absolute Gasteiger partial charge is 0.481 e. The number of carboxylic acid groups (broad SMARTS) is 1. The molecule has 0 radical (unpaired) electrons. The molecular formula is C13H26O2. The van der Waals surface area contributed by atoms with E-state index in [0.717, 1.165) is 19.3 Å². The molecule has 0 saturated heterocycles. The molecule has 0 spiro atoms. The SMILES string of the molecule is CCCCCCC(CC(C)(C)C)C(=O)O. The Morgan fingerprint density at radius 2 is 1.80 bits per heavy atom. The number of hydrogen-bond acceptors (Lipinski definition) is 1.